The maximum atomic E-state index is 12.2. The third-order valence-electron chi connectivity index (χ3n) is 3.80. The van der Waals surface area contributed by atoms with Crippen LogP contribution in [0.3, 0.4) is 0 Å². The molecular formula is C19H24O3S. The number of hydrogen-bond donors (Lipinski definition) is 0. The summed E-state index contributed by atoms with van der Waals surface area (Å²) in [5.74, 6) is 0.117. The Bertz CT molecular complexity index is 701. The summed E-state index contributed by atoms with van der Waals surface area (Å²) in [4.78, 5) is 0.375. The lowest BCUT2D eigenvalue weighted by molar-refractivity contribution is 0.199. The minimum absolute atomic E-state index is 0.117. The van der Waals surface area contributed by atoms with Gasteiger partial charge in [0.15, 0.2) is 9.84 Å². The Hall–Kier alpha value is -1.65. The Kier molecular flexibility index (Phi) is 6.37. The van der Waals surface area contributed by atoms with Crippen LogP contribution in [0.15, 0.2) is 53.4 Å². The van der Waals surface area contributed by atoms with Gasteiger partial charge in [-0.3, -0.25) is 0 Å². The molecule has 0 fully saturated rings. The summed E-state index contributed by atoms with van der Waals surface area (Å²) in [6.07, 6.45) is 2.73. The summed E-state index contributed by atoms with van der Waals surface area (Å²) in [6, 6.07) is 15.6. The lowest BCUT2D eigenvalue weighted by Gasteiger charge is -2.07. The molecule has 0 saturated heterocycles. The van der Waals surface area contributed by atoms with Crippen molar-refractivity contribution in [2.75, 3.05) is 19.5 Å². The second-order valence-corrected chi connectivity index (χ2v) is 7.75. The van der Waals surface area contributed by atoms with Crippen LogP contribution in [0.1, 0.15) is 25.3 Å². The van der Waals surface area contributed by atoms with E-state index in [1.807, 2.05) is 12.1 Å². The molecule has 0 radical (unpaired) electrons. The molecule has 23 heavy (non-hydrogen) atoms. The fourth-order valence-electron chi connectivity index (χ4n) is 2.52. The molecule has 0 bridgehead atoms. The first-order chi connectivity index (χ1) is 11.1. The number of benzene rings is 2. The molecule has 0 amide bonds. The first-order valence-corrected chi connectivity index (χ1v) is 9.63. The van der Waals surface area contributed by atoms with Crippen LogP contribution in [0.25, 0.3) is 11.1 Å². The van der Waals surface area contributed by atoms with Gasteiger partial charge in [0.2, 0.25) is 0 Å². The normalized spacial score (nSPS) is 11.6. The van der Waals surface area contributed by atoms with E-state index in [0.29, 0.717) is 17.9 Å². The smallest absolute Gasteiger partial charge is 0.178 e. The Morgan fingerprint density at radius 3 is 2.00 bits per heavy atom. The molecule has 0 unspecified atom stereocenters. The van der Waals surface area contributed by atoms with E-state index in [2.05, 4.69) is 31.2 Å². The van der Waals surface area contributed by atoms with E-state index in [4.69, 9.17) is 4.74 Å². The van der Waals surface area contributed by atoms with Crippen LogP contribution in [-0.4, -0.2) is 27.9 Å². The average Bonchev–Trinajstić information content (AvgIpc) is 2.56. The molecule has 0 aliphatic rings. The van der Waals surface area contributed by atoms with Crippen molar-refractivity contribution in [3.8, 4) is 11.1 Å². The Labute approximate surface area is 139 Å². The van der Waals surface area contributed by atoms with Gasteiger partial charge in [-0.15, -0.1) is 0 Å². The highest BCUT2D eigenvalue weighted by atomic mass is 32.2. The van der Waals surface area contributed by atoms with Crippen LogP contribution in [-0.2, 0) is 21.0 Å². The monoisotopic (exact) mass is 332 g/mol. The van der Waals surface area contributed by atoms with E-state index in [1.54, 1.807) is 19.2 Å². The highest BCUT2D eigenvalue weighted by Gasteiger charge is 2.13. The van der Waals surface area contributed by atoms with Crippen molar-refractivity contribution < 1.29 is 13.2 Å². The molecular weight excluding hydrogens is 308 g/mol. The van der Waals surface area contributed by atoms with Gasteiger partial charge in [-0.25, -0.2) is 8.42 Å². The molecule has 0 aliphatic heterocycles. The molecule has 0 N–H and O–H groups in total. The minimum Gasteiger partial charge on any atom is -0.385 e. The molecule has 0 heterocycles. The zero-order valence-electron chi connectivity index (χ0n) is 13.8. The van der Waals surface area contributed by atoms with Crippen molar-refractivity contribution in [2.24, 2.45) is 0 Å². The summed E-state index contributed by atoms with van der Waals surface area (Å²) in [5.41, 5.74) is 3.46. The van der Waals surface area contributed by atoms with E-state index in [0.717, 1.165) is 24.0 Å². The topological polar surface area (TPSA) is 43.4 Å². The Morgan fingerprint density at radius 1 is 0.913 bits per heavy atom. The molecule has 2 aromatic carbocycles. The SMILES string of the molecule is CCCc1ccc(-c2ccc(S(=O)(=O)CCCOC)cc2)cc1. The van der Waals surface area contributed by atoms with E-state index in [9.17, 15) is 8.42 Å². The second kappa shape index (κ2) is 8.27. The quantitative estimate of drug-likeness (QED) is 0.683. The number of sulfone groups is 1. The zero-order chi connectivity index (χ0) is 16.7. The molecule has 0 aromatic heterocycles. The molecule has 3 nitrogen and oxygen atoms in total. The van der Waals surface area contributed by atoms with Crippen molar-refractivity contribution in [1.29, 1.82) is 0 Å². The van der Waals surface area contributed by atoms with Crippen molar-refractivity contribution in [3.05, 3.63) is 54.1 Å². The summed E-state index contributed by atoms with van der Waals surface area (Å²) in [5, 5.41) is 0. The summed E-state index contributed by atoms with van der Waals surface area (Å²) in [7, 11) is -1.65. The van der Waals surface area contributed by atoms with Crippen molar-refractivity contribution >= 4 is 9.84 Å². The largest absolute Gasteiger partial charge is 0.385 e. The molecule has 4 heteroatoms. The lowest BCUT2D eigenvalue weighted by atomic mass is 10.0. The number of hydrogen-bond acceptors (Lipinski definition) is 3. The molecule has 0 aliphatic carbocycles. The van der Waals surface area contributed by atoms with Crippen molar-refractivity contribution in [3.63, 3.8) is 0 Å². The highest BCUT2D eigenvalue weighted by molar-refractivity contribution is 7.91. The number of rotatable bonds is 8. The van der Waals surface area contributed by atoms with Crippen LogP contribution in [0.5, 0.6) is 0 Å². The fraction of sp³-hybridized carbons (Fsp3) is 0.368. The zero-order valence-corrected chi connectivity index (χ0v) is 14.6. The van der Waals surface area contributed by atoms with Gasteiger partial charge >= 0.3 is 0 Å². The van der Waals surface area contributed by atoms with Gasteiger partial charge in [0.05, 0.1) is 10.6 Å². The maximum absolute atomic E-state index is 12.2. The van der Waals surface area contributed by atoms with Gasteiger partial charge in [-0.05, 0) is 41.7 Å². The molecule has 2 rings (SSSR count). The van der Waals surface area contributed by atoms with Gasteiger partial charge in [0, 0.05) is 13.7 Å². The van der Waals surface area contributed by atoms with Gasteiger partial charge in [0.1, 0.15) is 0 Å². The molecule has 2 aromatic rings. The third kappa shape index (κ3) is 4.91. The molecule has 124 valence electrons. The second-order valence-electron chi connectivity index (χ2n) is 5.64. The highest BCUT2D eigenvalue weighted by Crippen LogP contribution is 2.23. The first-order valence-electron chi connectivity index (χ1n) is 7.98. The van der Waals surface area contributed by atoms with Crippen molar-refractivity contribution in [1.82, 2.24) is 0 Å². The number of ether oxygens (including phenoxy) is 1. The standard InChI is InChI=1S/C19H24O3S/c1-3-5-16-6-8-17(9-7-16)18-10-12-19(13-11-18)23(20,21)15-4-14-22-2/h6-13H,3-5,14-15H2,1-2H3. The average molecular weight is 332 g/mol. The Morgan fingerprint density at radius 2 is 1.48 bits per heavy atom. The summed E-state index contributed by atoms with van der Waals surface area (Å²) in [6.45, 7) is 2.63. The lowest BCUT2D eigenvalue weighted by Crippen LogP contribution is -2.08. The van der Waals surface area contributed by atoms with Gasteiger partial charge in [-0.2, -0.15) is 0 Å². The fourth-order valence-corrected chi connectivity index (χ4v) is 3.80. The van der Waals surface area contributed by atoms with Crippen LogP contribution < -0.4 is 0 Å². The maximum Gasteiger partial charge on any atom is 0.178 e. The third-order valence-corrected chi connectivity index (χ3v) is 5.62. The van der Waals surface area contributed by atoms with Gasteiger partial charge in [-0.1, -0.05) is 49.7 Å². The molecule has 0 saturated carbocycles. The van der Waals surface area contributed by atoms with E-state index >= 15 is 0 Å². The number of aryl methyl sites for hydroxylation is 1. The summed E-state index contributed by atoms with van der Waals surface area (Å²) < 4.78 is 29.3. The predicted octanol–water partition coefficient (Wildman–Crippen LogP) is 4.12. The van der Waals surface area contributed by atoms with Crippen LogP contribution in [0.2, 0.25) is 0 Å². The van der Waals surface area contributed by atoms with Gasteiger partial charge in [0.25, 0.3) is 0 Å². The summed E-state index contributed by atoms with van der Waals surface area (Å²) >= 11 is 0. The molecule has 0 spiro atoms. The van der Waals surface area contributed by atoms with Crippen molar-refractivity contribution in [2.45, 2.75) is 31.1 Å². The van der Waals surface area contributed by atoms with Gasteiger partial charge < -0.3 is 4.74 Å². The molecule has 0 atom stereocenters. The minimum atomic E-state index is -3.23. The van der Waals surface area contributed by atoms with E-state index in [1.165, 1.54) is 5.56 Å². The van der Waals surface area contributed by atoms with Crippen LogP contribution >= 0.6 is 0 Å². The van der Waals surface area contributed by atoms with Crippen LogP contribution in [0.4, 0.5) is 0 Å². The van der Waals surface area contributed by atoms with E-state index in [-0.39, 0.29) is 5.75 Å². The Balaban J connectivity index is 2.12. The number of methoxy groups -OCH3 is 1. The van der Waals surface area contributed by atoms with Crippen LogP contribution in [0, 0.1) is 0 Å². The predicted molar refractivity (Wildman–Crippen MR) is 94.4 cm³/mol. The first kappa shape index (κ1) is 17.7. The van der Waals surface area contributed by atoms with E-state index < -0.39 is 9.84 Å².